The van der Waals surface area contributed by atoms with Crippen molar-refractivity contribution in [3.05, 3.63) is 35.4 Å². The van der Waals surface area contributed by atoms with E-state index in [-0.39, 0.29) is 11.8 Å². The van der Waals surface area contributed by atoms with Crippen LogP contribution in [0.1, 0.15) is 25.0 Å². The van der Waals surface area contributed by atoms with Crippen LogP contribution in [0.2, 0.25) is 0 Å². The Bertz CT molecular complexity index is 485. The van der Waals surface area contributed by atoms with Crippen LogP contribution in [0.3, 0.4) is 0 Å². The van der Waals surface area contributed by atoms with E-state index in [4.69, 9.17) is 10.5 Å². The van der Waals surface area contributed by atoms with E-state index in [9.17, 15) is 4.79 Å². The molecule has 0 aromatic heterocycles. The van der Waals surface area contributed by atoms with Gasteiger partial charge < -0.3 is 15.8 Å². The minimum Gasteiger partial charge on any atom is -0.379 e. The number of amides is 1. The van der Waals surface area contributed by atoms with E-state index in [1.807, 2.05) is 26.0 Å². The smallest absolute Gasteiger partial charge is 0.237 e. The lowest BCUT2D eigenvalue weighted by Crippen LogP contribution is -2.43. The summed E-state index contributed by atoms with van der Waals surface area (Å²) in [5, 5.41) is 2.95. The number of nitrogens with two attached hydrogens (primary N) is 1. The molecule has 1 aliphatic heterocycles. The molecule has 1 heterocycles. The number of rotatable bonds is 6. The predicted octanol–water partition coefficient (Wildman–Crippen LogP) is 1.12. The number of benzene rings is 1. The van der Waals surface area contributed by atoms with E-state index in [0.29, 0.717) is 6.54 Å². The first-order chi connectivity index (χ1) is 10.6. The fourth-order valence-corrected chi connectivity index (χ4v) is 2.49. The van der Waals surface area contributed by atoms with E-state index < -0.39 is 6.04 Å². The maximum Gasteiger partial charge on any atom is 0.237 e. The van der Waals surface area contributed by atoms with Crippen LogP contribution >= 0.6 is 0 Å². The number of morpholine rings is 1. The molecular formula is C17H27N3O2. The molecule has 0 bridgehead atoms. The molecule has 3 N–H and O–H groups in total. The molecule has 1 aromatic rings. The van der Waals surface area contributed by atoms with Crippen molar-refractivity contribution >= 4 is 5.91 Å². The van der Waals surface area contributed by atoms with Crippen LogP contribution in [0.5, 0.6) is 0 Å². The first kappa shape index (κ1) is 16.9. The van der Waals surface area contributed by atoms with E-state index in [2.05, 4.69) is 22.3 Å². The Morgan fingerprint density at radius 2 is 1.91 bits per heavy atom. The van der Waals surface area contributed by atoms with Crippen molar-refractivity contribution < 1.29 is 9.53 Å². The summed E-state index contributed by atoms with van der Waals surface area (Å²) in [6.07, 6.45) is 0. The molecule has 1 saturated heterocycles. The summed E-state index contributed by atoms with van der Waals surface area (Å²) in [6.45, 7) is 8.83. The van der Waals surface area contributed by atoms with Gasteiger partial charge in [0.25, 0.3) is 0 Å². The van der Waals surface area contributed by atoms with Crippen LogP contribution in [-0.4, -0.2) is 43.2 Å². The second kappa shape index (κ2) is 8.27. The third-order valence-corrected chi connectivity index (χ3v) is 4.09. The molecule has 1 amide bonds. The summed E-state index contributed by atoms with van der Waals surface area (Å²) in [7, 11) is 0. The Kier molecular flexibility index (Phi) is 6.36. The molecule has 1 atom stereocenters. The third kappa shape index (κ3) is 4.80. The molecule has 1 fully saturated rings. The van der Waals surface area contributed by atoms with Crippen LogP contribution in [0.15, 0.2) is 24.3 Å². The second-order valence-corrected chi connectivity index (χ2v) is 6.14. The number of carbonyl (C=O) groups is 1. The summed E-state index contributed by atoms with van der Waals surface area (Å²) in [4.78, 5) is 14.4. The highest BCUT2D eigenvalue weighted by Crippen LogP contribution is 2.13. The molecule has 5 nitrogen and oxygen atoms in total. The standard InChI is InChI=1S/C17H27N3O2/c1-13(2)16(18)17(21)19-11-14-5-3-4-6-15(14)12-20-7-9-22-10-8-20/h3-6,13,16H,7-12,18H2,1-2H3,(H,19,21)/t16-/m0/s1. The van der Waals surface area contributed by atoms with E-state index in [1.165, 1.54) is 5.56 Å². The van der Waals surface area contributed by atoms with Crippen molar-refractivity contribution in [1.82, 2.24) is 10.2 Å². The number of ether oxygens (including phenoxy) is 1. The zero-order valence-corrected chi connectivity index (χ0v) is 13.5. The van der Waals surface area contributed by atoms with Crippen LogP contribution < -0.4 is 11.1 Å². The Morgan fingerprint density at radius 3 is 2.55 bits per heavy atom. The first-order valence-corrected chi connectivity index (χ1v) is 7.98. The van der Waals surface area contributed by atoms with Gasteiger partial charge in [0.15, 0.2) is 0 Å². The number of nitrogens with zero attached hydrogens (tertiary/aromatic N) is 1. The van der Waals surface area contributed by atoms with Gasteiger partial charge in [-0.3, -0.25) is 9.69 Å². The number of hydrogen-bond donors (Lipinski definition) is 2. The highest BCUT2D eigenvalue weighted by Gasteiger charge is 2.17. The number of nitrogens with one attached hydrogen (secondary N) is 1. The molecule has 2 rings (SSSR count). The Morgan fingerprint density at radius 1 is 1.27 bits per heavy atom. The van der Waals surface area contributed by atoms with Gasteiger partial charge in [-0.2, -0.15) is 0 Å². The average molecular weight is 305 g/mol. The zero-order chi connectivity index (χ0) is 15.9. The van der Waals surface area contributed by atoms with Crippen LogP contribution in [0.4, 0.5) is 0 Å². The largest absolute Gasteiger partial charge is 0.379 e. The van der Waals surface area contributed by atoms with Crippen LogP contribution in [0, 0.1) is 5.92 Å². The second-order valence-electron chi connectivity index (χ2n) is 6.14. The molecule has 1 aliphatic rings. The van der Waals surface area contributed by atoms with Crippen molar-refractivity contribution in [2.75, 3.05) is 26.3 Å². The topological polar surface area (TPSA) is 67.6 Å². The summed E-state index contributed by atoms with van der Waals surface area (Å²) in [5.74, 6) is 0.0553. The molecule has 122 valence electrons. The van der Waals surface area contributed by atoms with Gasteiger partial charge in [0.05, 0.1) is 19.3 Å². The lowest BCUT2D eigenvalue weighted by atomic mass is 10.0. The minimum atomic E-state index is -0.452. The Labute approximate surface area is 132 Å². The predicted molar refractivity (Wildman–Crippen MR) is 87.2 cm³/mol. The molecule has 1 aromatic carbocycles. The highest BCUT2D eigenvalue weighted by atomic mass is 16.5. The molecule has 0 unspecified atom stereocenters. The van der Waals surface area contributed by atoms with Gasteiger partial charge in [0, 0.05) is 26.2 Å². The van der Waals surface area contributed by atoms with Gasteiger partial charge in [-0.15, -0.1) is 0 Å². The molecule has 0 radical (unpaired) electrons. The molecule has 0 spiro atoms. The van der Waals surface area contributed by atoms with Gasteiger partial charge in [-0.1, -0.05) is 38.1 Å². The number of carbonyl (C=O) groups excluding carboxylic acids is 1. The maximum absolute atomic E-state index is 12.0. The first-order valence-electron chi connectivity index (χ1n) is 7.98. The lowest BCUT2D eigenvalue weighted by molar-refractivity contribution is -0.123. The van der Waals surface area contributed by atoms with Gasteiger partial charge >= 0.3 is 0 Å². The molecule has 0 aliphatic carbocycles. The minimum absolute atomic E-state index is 0.0869. The van der Waals surface area contributed by atoms with Gasteiger partial charge in [0.2, 0.25) is 5.91 Å². The lowest BCUT2D eigenvalue weighted by Gasteiger charge is -2.27. The van der Waals surface area contributed by atoms with Crippen molar-refractivity contribution in [1.29, 1.82) is 0 Å². The summed E-state index contributed by atoms with van der Waals surface area (Å²) in [5.41, 5.74) is 8.28. The summed E-state index contributed by atoms with van der Waals surface area (Å²) < 4.78 is 5.38. The van der Waals surface area contributed by atoms with Gasteiger partial charge in [0.1, 0.15) is 0 Å². The maximum atomic E-state index is 12.0. The number of hydrogen-bond acceptors (Lipinski definition) is 4. The van der Waals surface area contributed by atoms with E-state index >= 15 is 0 Å². The average Bonchev–Trinajstić information content (AvgIpc) is 2.54. The van der Waals surface area contributed by atoms with E-state index in [1.54, 1.807) is 0 Å². The van der Waals surface area contributed by atoms with Gasteiger partial charge in [-0.05, 0) is 17.0 Å². The zero-order valence-electron chi connectivity index (χ0n) is 13.5. The van der Waals surface area contributed by atoms with Crippen molar-refractivity contribution in [3.8, 4) is 0 Å². The van der Waals surface area contributed by atoms with Gasteiger partial charge in [-0.25, -0.2) is 0 Å². The van der Waals surface area contributed by atoms with Crippen molar-refractivity contribution in [2.24, 2.45) is 11.7 Å². The van der Waals surface area contributed by atoms with Crippen molar-refractivity contribution in [2.45, 2.75) is 33.0 Å². The quantitative estimate of drug-likeness (QED) is 0.826. The van der Waals surface area contributed by atoms with Crippen LogP contribution in [-0.2, 0) is 22.6 Å². The van der Waals surface area contributed by atoms with Crippen LogP contribution in [0.25, 0.3) is 0 Å². The SMILES string of the molecule is CC(C)[C@H](N)C(=O)NCc1ccccc1CN1CCOCC1. The molecular weight excluding hydrogens is 278 g/mol. The van der Waals surface area contributed by atoms with Crippen molar-refractivity contribution in [3.63, 3.8) is 0 Å². The monoisotopic (exact) mass is 305 g/mol. The molecule has 22 heavy (non-hydrogen) atoms. The summed E-state index contributed by atoms with van der Waals surface area (Å²) >= 11 is 0. The Balaban J connectivity index is 1.94. The molecule has 5 heteroatoms. The fraction of sp³-hybridized carbons (Fsp3) is 0.588. The highest BCUT2D eigenvalue weighted by molar-refractivity contribution is 5.81. The summed E-state index contributed by atoms with van der Waals surface area (Å²) in [6, 6.07) is 7.79. The normalized spacial score (nSPS) is 17.5. The Hall–Kier alpha value is -1.43. The van der Waals surface area contributed by atoms with E-state index in [0.717, 1.165) is 38.4 Å². The third-order valence-electron chi connectivity index (χ3n) is 4.09. The molecule has 0 saturated carbocycles. The fourth-order valence-electron chi connectivity index (χ4n) is 2.49.